The number of carbonyl (C=O) groups is 2. The van der Waals surface area contributed by atoms with Gasteiger partial charge >= 0.3 is 0 Å². The zero-order valence-corrected chi connectivity index (χ0v) is 14.6. The monoisotopic (exact) mass is 328 g/mol. The molecular formula is C18H24N4O2. The third kappa shape index (κ3) is 4.94. The van der Waals surface area contributed by atoms with Crippen LogP contribution >= 0.6 is 0 Å². The first-order chi connectivity index (χ1) is 11.3. The van der Waals surface area contributed by atoms with Crippen molar-refractivity contribution in [3.63, 3.8) is 0 Å². The zero-order chi connectivity index (χ0) is 17.7. The molecule has 0 spiro atoms. The van der Waals surface area contributed by atoms with Gasteiger partial charge in [-0.3, -0.25) is 9.59 Å². The molecule has 0 atom stereocenters. The van der Waals surface area contributed by atoms with Crippen LogP contribution in [0, 0.1) is 12.3 Å². The van der Waals surface area contributed by atoms with Crippen LogP contribution in [0.1, 0.15) is 52.9 Å². The molecule has 128 valence electrons. The Morgan fingerprint density at radius 1 is 1.08 bits per heavy atom. The van der Waals surface area contributed by atoms with Gasteiger partial charge in [0.1, 0.15) is 5.69 Å². The van der Waals surface area contributed by atoms with Crippen molar-refractivity contribution in [2.24, 2.45) is 5.41 Å². The lowest BCUT2D eigenvalue weighted by molar-refractivity contribution is 0.0905. The molecule has 0 bridgehead atoms. The number of amides is 2. The molecule has 0 aliphatic carbocycles. The number of hydrogen-bond donors (Lipinski definition) is 3. The standard InChI is InChI=1S/C18H24N4O2/c1-12-5-7-13(8-6-12)9-19-16(23)14-15(22-11-21-14)17(24)20-10-18(2,3)4/h5-8,11H,9-10H2,1-4H3,(H,19,23)(H,20,24)(H,21,22). The summed E-state index contributed by atoms with van der Waals surface area (Å²) in [5, 5.41) is 5.60. The lowest BCUT2D eigenvalue weighted by Crippen LogP contribution is -2.34. The second-order valence-corrected chi connectivity index (χ2v) is 7.04. The fourth-order valence-corrected chi connectivity index (χ4v) is 2.05. The van der Waals surface area contributed by atoms with E-state index in [1.165, 1.54) is 6.33 Å². The Bertz CT molecular complexity index is 711. The average molecular weight is 328 g/mol. The van der Waals surface area contributed by atoms with Gasteiger partial charge < -0.3 is 15.6 Å². The number of rotatable bonds is 5. The van der Waals surface area contributed by atoms with Gasteiger partial charge in [-0.2, -0.15) is 0 Å². The minimum absolute atomic E-state index is 0.0418. The van der Waals surface area contributed by atoms with Gasteiger partial charge in [0.2, 0.25) is 0 Å². The maximum atomic E-state index is 12.3. The molecule has 1 heterocycles. The number of hydrogen-bond acceptors (Lipinski definition) is 3. The van der Waals surface area contributed by atoms with Crippen molar-refractivity contribution in [3.8, 4) is 0 Å². The molecule has 2 aromatic rings. The molecule has 0 radical (unpaired) electrons. The van der Waals surface area contributed by atoms with E-state index in [9.17, 15) is 9.59 Å². The first-order valence-electron chi connectivity index (χ1n) is 7.91. The zero-order valence-electron chi connectivity index (χ0n) is 14.6. The summed E-state index contributed by atoms with van der Waals surface area (Å²) in [6.45, 7) is 8.97. The van der Waals surface area contributed by atoms with Gasteiger partial charge in [0.25, 0.3) is 11.8 Å². The molecule has 0 aliphatic rings. The predicted octanol–water partition coefficient (Wildman–Crippen LogP) is 2.42. The third-order valence-corrected chi connectivity index (χ3v) is 3.43. The molecule has 0 saturated carbocycles. The van der Waals surface area contributed by atoms with Gasteiger partial charge in [0, 0.05) is 13.1 Å². The number of benzene rings is 1. The first kappa shape index (κ1) is 17.7. The van der Waals surface area contributed by atoms with E-state index in [4.69, 9.17) is 0 Å². The highest BCUT2D eigenvalue weighted by Crippen LogP contribution is 2.11. The summed E-state index contributed by atoms with van der Waals surface area (Å²) < 4.78 is 0. The number of imidazole rings is 1. The Balaban J connectivity index is 1.99. The molecule has 3 N–H and O–H groups in total. The average Bonchev–Trinajstić information content (AvgIpc) is 3.01. The van der Waals surface area contributed by atoms with Crippen molar-refractivity contribution in [2.45, 2.75) is 34.2 Å². The Morgan fingerprint density at radius 2 is 1.75 bits per heavy atom. The quantitative estimate of drug-likeness (QED) is 0.788. The normalized spacial score (nSPS) is 11.2. The minimum atomic E-state index is -0.355. The van der Waals surface area contributed by atoms with E-state index < -0.39 is 0 Å². The van der Waals surface area contributed by atoms with E-state index in [0.717, 1.165) is 11.1 Å². The molecule has 0 unspecified atom stereocenters. The number of aryl methyl sites for hydroxylation is 1. The highest BCUT2D eigenvalue weighted by molar-refractivity contribution is 6.04. The van der Waals surface area contributed by atoms with E-state index in [1.807, 2.05) is 52.0 Å². The van der Waals surface area contributed by atoms with Crippen LogP contribution in [0.25, 0.3) is 0 Å². The Hall–Kier alpha value is -2.63. The first-order valence-corrected chi connectivity index (χ1v) is 7.91. The fraction of sp³-hybridized carbons (Fsp3) is 0.389. The van der Waals surface area contributed by atoms with Crippen LogP contribution in [-0.4, -0.2) is 28.3 Å². The predicted molar refractivity (Wildman–Crippen MR) is 92.7 cm³/mol. The van der Waals surface area contributed by atoms with Crippen molar-refractivity contribution < 1.29 is 9.59 Å². The summed E-state index contributed by atoms with van der Waals surface area (Å²) in [5.74, 6) is -0.708. The van der Waals surface area contributed by atoms with Crippen LogP contribution in [0.3, 0.4) is 0 Å². The number of nitrogens with zero attached hydrogens (tertiary/aromatic N) is 1. The molecule has 2 rings (SSSR count). The lowest BCUT2D eigenvalue weighted by Gasteiger charge is -2.18. The van der Waals surface area contributed by atoms with Gasteiger partial charge in [-0.05, 0) is 17.9 Å². The number of aromatic nitrogens is 2. The Morgan fingerprint density at radius 3 is 2.38 bits per heavy atom. The molecule has 6 nitrogen and oxygen atoms in total. The topological polar surface area (TPSA) is 86.9 Å². The summed E-state index contributed by atoms with van der Waals surface area (Å²) in [5.41, 5.74) is 2.40. The number of nitrogens with one attached hydrogen (secondary N) is 3. The molecule has 6 heteroatoms. The van der Waals surface area contributed by atoms with Crippen molar-refractivity contribution in [1.82, 2.24) is 20.6 Å². The summed E-state index contributed by atoms with van der Waals surface area (Å²) >= 11 is 0. The molecule has 2 amide bonds. The van der Waals surface area contributed by atoms with E-state index in [-0.39, 0.29) is 28.6 Å². The van der Waals surface area contributed by atoms with Crippen molar-refractivity contribution in [1.29, 1.82) is 0 Å². The maximum absolute atomic E-state index is 12.3. The minimum Gasteiger partial charge on any atom is -0.350 e. The maximum Gasteiger partial charge on any atom is 0.272 e. The smallest absolute Gasteiger partial charge is 0.272 e. The number of carbonyl (C=O) groups excluding carboxylic acids is 2. The van der Waals surface area contributed by atoms with Crippen LogP contribution < -0.4 is 10.6 Å². The van der Waals surface area contributed by atoms with Gasteiger partial charge in [0.05, 0.1) is 6.33 Å². The SMILES string of the molecule is Cc1ccc(CNC(=O)c2[nH]cnc2C(=O)NCC(C)(C)C)cc1. The van der Waals surface area contributed by atoms with Gasteiger partial charge in [-0.25, -0.2) is 4.98 Å². The van der Waals surface area contributed by atoms with E-state index >= 15 is 0 Å². The van der Waals surface area contributed by atoms with Gasteiger partial charge in [0.15, 0.2) is 5.69 Å². The van der Waals surface area contributed by atoms with Crippen LogP contribution in [0.15, 0.2) is 30.6 Å². The molecular weight excluding hydrogens is 304 g/mol. The second kappa shape index (κ2) is 7.29. The van der Waals surface area contributed by atoms with E-state index in [0.29, 0.717) is 13.1 Å². The Kier molecular flexibility index (Phi) is 5.39. The van der Waals surface area contributed by atoms with E-state index in [2.05, 4.69) is 20.6 Å². The molecule has 1 aromatic carbocycles. The molecule has 24 heavy (non-hydrogen) atoms. The third-order valence-electron chi connectivity index (χ3n) is 3.43. The van der Waals surface area contributed by atoms with Crippen LogP contribution in [0.5, 0.6) is 0 Å². The van der Waals surface area contributed by atoms with Crippen molar-refractivity contribution >= 4 is 11.8 Å². The molecule has 0 fully saturated rings. The number of aromatic amines is 1. The number of H-pyrrole nitrogens is 1. The molecule has 1 aromatic heterocycles. The van der Waals surface area contributed by atoms with E-state index in [1.54, 1.807) is 0 Å². The van der Waals surface area contributed by atoms with Crippen molar-refractivity contribution in [2.75, 3.05) is 6.54 Å². The molecule has 0 aliphatic heterocycles. The summed E-state index contributed by atoms with van der Waals surface area (Å²) in [7, 11) is 0. The fourth-order valence-electron chi connectivity index (χ4n) is 2.05. The largest absolute Gasteiger partial charge is 0.350 e. The summed E-state index contributed by atoms with van der Waals surface area (Å²) in [6, 6.07) is 7.89. The Labute approximate surface area is 142 Å². The highest BCUT2D eigenvalue weighted by atomic mass is 16.2. The van der Waals surface area contributed by atoms with Crippen LogP contribution in [0.2, 0.25) is 0 Å². The van der Waals surface area contributed by atoms with Crippen molar-refractivity contribution in [3.05, 3.63) is 53.1 Å². The molecule has 0 saturated heterocycles. The summed E-state index contributed by atoms with van der Waals surface area (Å²) in [4.78, 5) is 31.2. The second-order valence-electron chi connectivity index (χ2n) is 7.04. The highest BCUT2D eigenvalue weighted by Gasteiger charge is 2.21. The summed E-state index contributed by atoms with van der Waals surface area (Å²) in [6.07, 6.45) is 1.35. The van der Waals surface area contributed by atoms with Crippen LogP contribution in [0.4, 0.5) is 0 Å². The van der Waals surface area contributed by atoms with Gasteiger partial charge in [-0.15, -0.1) is 0 Å². The van der Waals surface area contributed by atoms with Crippen LogP contribution in [-0.2, 0) is 6.54 Å². The lowest BCUT2D eigenvalue weighted by atomic mass is 9.97. The van der Waals surface area contributed by atoms with Gasteiger partial charge in [-0.1, -0.05) is 50.6 Å².